The van der Waals surface area contributed by atoms with E-state index in [9.17, 15) is 4.79 Å². The van der Waals surface area contributed by atoms with E-state index >= 15 is 0 Å². The summed E-state index contributed by atoms with van der Waals surface area (Å²) in [5, 5.41) is 0. The van der Waals surface area contributed by atoms with Crippen molar-refractivity contribution >= 4 is 18.2 Å². The van der Waals surface area contributed by atoms with Crippen molar-refractivity contribution in [2.75, 3.05) is 27.7 Å². The highest BCUT2D eigenvalue weighted by molar-refractivity contribution is 5.98. The van der Waals surface area contributed by atoms with Gasteiger partial charge in [0.2, 0.25) is 0 Å². The zero-order chi connectivity index (χ0) is 11.3. The number of methoxy groups -OCH3 is 1. The monoisotopic (exact) mass is 243 g/mol. The molecule has 0 amide bonds. The molecule has 1 aromatic carbocycles. The molecular weight excluding hydrogens is 226 g/mol. The molecule has 90 valence electrons. The lowest BCUT2D eigenvalue weighted by molar-refractivity contribution is 0.0969. The van der Waals surface area contributed by atoms with Crippen molar-refractivity contribution in [2.24, 2.45) is 0 Å². The van der Waals surface area contributed by atoms with Gasteiger partial charge in [0.1, 0.15) is 5.75 Å². The highest BCUT2D eigenvalue weighted by atomic mass is 35.5. The number of hydrogen-bond acceptors (Lipinski definition) is 3. The van der Waals surface area contributed by atoms with Gasteiger partial charge >= 0.3 is 0 Å². The Morgan fingerprint density at radius 2 is 1.94 bits per heavy atom. The maximum Gasteiger partial charge on any atom is 0.167 e. The third kappa shape index (κ3) is 4.21. The minimum absolute atomic E-state index is 0. The van der Waals surface area contributed by atoms with E-state index < -0.39 is 0 Å². The Bertz CT molecular complexity index is 340. The maximum atomic E-state index is 11.8. The van der Waals surface area contributed by atoms with Gasteiger partial charge in [-0.15, -0.1) is 12.4 Å². The summed E-state index contributed by atoms with van der Waals surface area (Å²) in [6.07, 6.45) is 0.521. The molecule has 0 saturated heterocycles. The molecule has 0 saturated carbocycles. The highest BCUT2D eigenvalue weighted by Crippen LogP contribution is 2.18. The van der Waals surface area contributed by atoms with Gasteiger partial charge in [-0.1, -0.05) is 12.1 Å². The van der Waals surface area contributed by atoms with Crippen LogP contribution in [0.25, 0.3) is 0 Å². The van der Waals surface area contributed by atoms with E-state index in [0.29, 0.717) is 17.7 Å². The molecule has 1 rings (SSSR count). The number of Topliss-reactive ketones (excluding diaryl/α,β-unsaturated/α-hetero) is 1. The predicted molar refractivity (Wildman–Crippen MR) is 67.7 cm³/mol. The van der Waals surface area contributed by atoms with Gasteiger partial charge in [-0.05, 0) is 26.2 Å². The molecule has 0 spiro atoms. The van der Waals surface area contributed by atoms with Crippen LogP contribution in [0.2, 0.25) is 0 Å². The molecule has 0 aliphatic carbocycles. The van der Waals surface area contributed by atoms with Crippen LogP contribution >= 0.6 is 12.4 Å². The van der Waals surface area contributed by atoms with Crippen LogP contribution < -0.4 is 4.74 Å². The van der Waals surface area contributed by atoms with Crippen molar-refractivity contribution in [1.82, 2.24) is 4.90 Å². The van der Waals surface area contributed by atoms with Crippen molar-refractivity contribution < 1.29 is 9.53 Å². The first-order chi connectivity index (χ1) is 7.15. The van der Waals surface area contributed by atoms with Crippen LogP contribution in [-0.2, 0) is 0 Å². The first-order valence-electron chi connectivity index (χ1n) is 4.96. The molecule has 0 bridgehead atoms. The minimum atomic E-state index is 0. The number of halogens is 1. The highest BCUT2D eigenvalue weighted by Gasteiger charge is 2.10. The van der Waals surface area contributed by atoms with Crippen molar-refractivity contribution in [2.45, 2.75) is 6.42 Å². The Labute approximate surface area is 103 Å². The van der Waals surface area contributed by atoms with E-state index in [4.69, 9.17) is 4.74 Å². The van der Waals surface area contributed by atoms with Gasteiger partial charge in [-0.25, -0.2) is 0 Å². The number of carbonyl (C=O) groups is 1. The Balaban J connectivity index is 0.00000225. The summed E-state index contributed by atoms with van der Waals surface area (Å²) < 4.78 is 5.14. The molecule has 0 unspecified atom stereocenters. The lowest BCUT2D eigenvalue weighted by Gasteiger charge is -2.10. The lowest BCUT2D eigenvalue weighted by atomic mass is 10.1. The zero-order valence-corrected chi connectivity index (χ0v) is 10.7. The number of hydrogen-bond donors (Lipinski definition) is 0. The SMILES string of the molecule is COc1ccccc1C(=O)CCN(C)C.Cl. The number of ether oxygens (including phenoxy) is 1. The van der Waals surface area contributed by atoms with Gasteiger partial charge in [-0.3, -0.25) is 4.79 Å². The summed E-state index contributed by atoms with van der Waals surface area (Å²) in [5.41, 5.74) is 0.668. The lowest BCUT2D eigenvalue weighted by Crippen LogP contribution is -2.17. The van der Waals surface area contributed by atoms with Crippen LogP contribution in [0, 0.1) is 0 Å². The first-order valence-corrected chi connectivity index (χ1v) is 4.96. The van der Waals surface area contributed by atoms with Crippen LogP contribution in [0.1, 0.15) is 16.8 Å². The van der Waals surface area contributed by atoms with Crippen molar-refractivity contribution in [3.05, 3.63) is 29.8 Å². The summed E-state index contributed by atoms with van der Waals surface area (Å²) >= 11 is 0. The molecule has 0 radical (unpaired) electrons. The van der Waals surface area contributed by atoms with Gasteiger partial charge in [0.25, 0.3) is 0 Å². The molecule has 0 aliphatic rings. The number of carbonyl (C=O) groups excluding carboxylic acids is 1. The van der Waals surface area contributed by atoms with E-state index in [0.717, 1.165) is 6.54 Å². The summed E-state index contributed by atoms with van der Waals surface area (Å²) in [5.74, 6) is 0.780. The second-order valence-electron chi connectivity index (χ2n) is 3.68. The van der Waals surface area contributed by atoms with E-state index in [1.807, 2.05) is 37.2 Å². The quantitative estimate of drug-likeness (QED) is 0.743. The molecule has 0 aromatic heterocycles. The second-order valence-corrected chi connectivity index (χ2v) is 3.68. The van der Waals surface area contributed by atoms with E-state index in [2.05, 4.69) is 0 Å². The molecule has 16 heavy (non-hydrogen) atoms. The van der Waals surface area contributed by atoms with E-state index in [1.54, 1.807) is 13.2 Å². The second kappa shape index (κ2) is 7.25. The van der Waals surface area contributed by atoms with Crippen LogP contribution in [0.5, 0.6) is 5.75 Å². The Kier molecular flexibility index (Phi) is 6.77. The molecule has 0 N–H and O–H groups in total. The Hall–Kier alpha value is -1.06. The Morgan fingerprint density at radius 1 is 1.31 bits per heavy atom. The van der Waals surface area contributed by atoms with Gasteiger partial charge < -0.3 is 9.64 Å². The fourth-order valence-corrected chi connectivity index (χ4v) is 1.33. The van der Waals surface area contributed by atoms with E-state index in [-0.39, 0.29) is 18.2 Å². The third-order valence-corrected chi connectivity index (χ3v) is 2.19. The fraction of sp³-hybridized carbons (Fsp3) is 0.417. The van der Waals surface area contributed by atoms with Gasteiger partial charge in [-0.2, -0.15) is 0 Å². The summed E-state index contributed by atoms with van der Waals surface area (Å²) in [7, 11) is 5.49. The zero-order valence-electron chi connectivity index (χ0n) is 9.90. The average Bonchev–Trinajstić information content (AvgIpc) is 2.25. The predicted octanol–water partition coefficient (Wildman–Crippen LogP) is 2.25. The molecule has 0 fully saturated rings. The summed E-state index contributed by atoms with van der Waals surface area (Å²) in [4.78, 5) is 13.8. The van der Waals surface area contributed by atoms with Crippen LogP contribution in [0.4, 0.5) is 0 Å². The standard InChI is InChI=1S/C12H17NO2.ClH/c1-13(2)9-8-11(14)10-6-4-5-7-12(10)15-3;/h4-7H,8-9H2,1-3H3;1H. The van der Waals surface area contributed by atoms with Gasteiger partial charge in [0.15, 0.2) is 5.78 Å². The minimum Gasteiger partial charge on any atom is -0.496 e. The molecular formula is C12H18ClNO2. The topological polar surface area (TPSA) is 29.5 Å². The first kappa shape index (κ1) is 14.9. The average molecular weight is 244 g/mol. The van der Waals surface area contributed by atoms with Crippen LogP contribution in [0.3, 0.4) is 0 Å². The molecule has 1 aromatic rings. The molecule has 0 atom stereocenters. The number of para-hydroxylation sites is 1. The fourth-order valence-electron chi connectivity index (χ4n) is 1.33. The number of ketones is 1. The van der Waals surface area contributed by atoms with Gasteiger partial charge in [0, 0.05) is 13.0 Å². The van der Waals surface area contributed by atoms with Crippen molar-refractivity contribution in [1.29, 1.82) is 0 Å². The third-order valence-electron chi connectivity index (χ3n) is 2.19. The smallest absolute Gasteiger partial charge is 0.167 e. The molecule has 3 nitrogen and oxygen atoms in total. The normalized spacial score (nSPS) is 9.75. The number of benzene rings is 1. The van der Waals surface area contributed by atoms with E-state index in [1.165, 1.54) is 0 Å². The maximum absolute atomic E-state index is 11.8. The molecule has 0 aliphatic heterocycles. The van der Waals surface area contributed by atoms with Crippen molar-refractivity contribution in [3.63, 3.8) is 0 Å². The van der Waals surface area contributed by atoms with Crippen LogP contribution in [0.15, 0.2) is 24.3 Å². The molecule has 0 heterocycles. The van der Waals surface area contributed by atoms with Gasteiger partial charge in [0.05, 0.1) is 12.7 Å². The van der Waals surface area contributed by atoms with Crippen molar-refractivity contribution in [3.8, 4) is 5.75 Å². The molecule has 4 heteroatoms. The number of nitrogens with zero attached hydrogens (tertiary/aromatic N) is 1. The summed E-state index contributed by atoms with van der Waals surface area (Å²) in [6.45, 7) is 0.761. The number of rotatable bonds is 5. The van der Waals surface area contributed by atoms with Crippen LogP contribution in [-0.4, -0.2) is 38.4 Å². The summed E-state index contributed by atoms with van der Waals surface area (Å²) in [6, 6.07) is 7.33. The Morgan fingerprint density at radius 3 is 2.50 bits per heavy atom. The largest absolute Gasteiger partial charge is 0.496 e.